The first kappa shape index (κ1) is 19.4. The molecule has 2 rings (SSSR count). The summed E-state index contributed by atoms with van der Waals surface area (Å²) in [5.74, 6) is -1.62. The first-order chi connectivity index (χ1) is 12.4. The summed E-state index contributed by atoms with van der Waals surface area (Å²) in [7, 11) is 1.49. The van der Waals surface area contributed by atoms with Crippen molar-refractivity contribution in [3.05, 3.63) is 29.8 Å². The lowest BCUT2D eigenvalue weighted by atomic mass is 9.99. The lowest BCUT2D eigenvalue weighted by Gasteiger charge is -2.20. The molecule has 0 aliphatic carbocycles. The van der Waals surface area contributed by atoms with Crippen LogP contribution >= 0.6 is 0 Å². The fraction of sp³-hybridized carbons (Fsp3) is 0.444. The van der Waals surface area contributed by atoms with E-state index in [-0.39, 0.29) is 37.4 Å². The van der Waals surface area contributed by atoms with Crippen molar-refractivity contribution in [1.29, 1.82) is 0 Å². The maximum absolute atomic E-state index is 12.2. The number of ether oxygens (including phenoxy) is 1. The molecule has 2 N–H and O–H groups in total. The Morgan fingerprint density at radius 1 is 1.31 bits per heavy atom. The molecule has 1 aliphatic heterocycles. The van der Waals surface area contributed by atoms with Crippen molar-refractivity contribution >= 4 is 23.5 Å². The van der Waals surface area contributed by atoms with Gasteiger partial charge in [0.25, 0.3) is 5.91 Å². The molecule has 0 bridgehead atoms. The number of carboxylic acids is 1. The molecule has 0 fully saturated rings. The second kappa shape index (κ2) is 8.98. The number of carbonyl (C=O) groups excluding carboxylic acids is 2. The molecule has 140 valence electrons. The number of carboxylic acid groups (broad SMARTS) is 1. The minimum Gasteiger partial charge on any atom is -0.494 e. The Kier molecular flexibility index (Phi) is 6.71. The minimum absolute atomic E-state index is 0.0158. The van der Waals surface area contributed by atoms with Gasteiger partial charge in [-0.25, -0.2) is 5.01 Å². The van der Waals surface area contributed by atoms with Crippen molar-refractivity contribution in [2.75, 3.05) is 20.2 Å². The van der Waals surface area contributed by atoms with E-state index in [2.05, 4.69) is 10.4 Å². The van der Waals surface area contributed by atoms with Crippen LogP contribution in [-0.4, -0.2) is 53.8 Å². The van der Waals surface area contributed by atoms with Crippen molar-refractivity contribution in [3.8, 4) is 5.75 Å². The highest BCUT2D eigenvalue weighted by Crippen LogP contribution is 2.15. The van der Waals surface area contributed by atoms with E-state index in [0.717, 1.165) is 16.3 Å². The summed E-state index contributed by atoms with van der Waals surface area (Å²) >= 11 is 0. The van der Waals surface area contributed by atoms with Crippen LogP contribution in [0.15, 0.2) is 29.4 Å². The fourth-order valence-electron chi connectivity index (χ4n) is 2.57. The van der Waals surface area contributed by atoms with Gasteiger partial charge < -0.3 is 15.2 Å². The SMILES string of the molecule is CCOc1ccc(CC(CNC(=O)C2=NN(C)C(=O)CC2)C(=O)O)cc1. The average molecular weight is 361 g/mol. The van der Waals surface area contributed by atoms with Crippen molar-refractivity contribution in [2.45, 2.75) is 26.2 Å². The molecule has 26 heavy (non-hydrogen) atoms. The number of hydrogen-bond acceptors (Lipinski definition) is 5. The van der Waals surface area contributed by atoms with Gasteiger partial charge >= 0.3 is 5.97 Å². The second-order valence-corrected chi connectivity index (χ2v) is 5.99. The molecule has 0 saturated heterocycles. The van der Waals surface area contributed by atoms with Gasteiger partial charge in [-0.2, -0.15) is 5.10 Å². The number of hydrogen-bond donors (Lipinski definition) is 2. The summed E-state index contributed by atoms with van der Waals surface area (Å²) in [6, 6.07) is 7.21. The Balaban J connectivity index is 1.93. The first-order valence-electron chi connectivity index (χ1n) is 8.47. The number of nitrogens with one attached hydrogen (secondary N) is 1. The monoisotopic (exact) mass is 361 g/mol. The van der Waals surface area contributed by atoms with Gasteiger partial charge in [0, 0.05) is 26.4 Å². The highest BCUT2D eigenvalue weighted by molar-refractivity contribution is 6.39. The maximum Gasteiger partial charge on any atom is 0.308 e. The van der Waals surface area contributed by atoms with E-state index in [9.17, 15) is 19.5 Å². The quantitative estimate of drug-likeness (QED) is 0.719. The number of rotatable bonds is 8. The van der Waals surface area contributed by atoms with Crippen LogP contribution in [-0.2, 0) is 20.8 Å². The van der Waals surface area contributed by atoms with Gasteiger partial charge in [0.1, 0.15) is 11.5 Å². The summed E-state index contributed by atoms with van der Waals surface area (Å²) in [5.41, 5.74) is 1.08. The highest BCUT2D eigenvalue weighted by Gasteiger charge is 2.24. The Hall–Kier alpha value is -2.90. The van der Waals surface area contributed by atoms with E-state index in [1.54, 1.807) is 12.1 Å². The van der Waals surface area contributed by atoms with E-state index in [4.69, 9.17) is 4.74 Å². The van der Waals surface area contributed by atoms with E-state index in [1.807, 2.05) is 19.1 Å². The Morgan fingerprint density at radius 2 is 2.00 bits per heavy atom. The normalized spacial score (nSPS) is 15.2. The smallest absolute Gasteiger partial charge is 0.308 e. The molecule has 8 nitrogen and oxygen atoms in total. The molecule has 1 aromatic rings. The number of benzene rings is 1. The van der Waals surface area contributed by atoms with Crippen LogP contribution in [0.2, 0.25) is 0 Å². The van der Waals surface area contributed by atoms with E-state index < -0.39 is 17.8 Å². The summed E-state index contributed by atoms with van der Waals surface area (Å²) in [6.07, 6.45) is 0.760. The van der Waals surface area contributed by atoms with Gasteiger partial charge in [0.15, 0.2) is 0 Å². The van der Waals surface area contributed by atoms with Crippen molar-refractivity contribution in [2.24, 2.45) is 11.0 Å². The van der Waals surface area contributed by atoms with Crippen LogP contribution in [0.5, 0.6) is 5.75 Å². The van der Waals surface area contributed by atoms with Crippen LogP contribution < -0.4 is 10.1 Å². The summed E-state index contributed by atoms with van der Waals surface area (Å²) in [6.45, 7) is 2.44. The fourth-order valence-corrected chi connectivity index (χ4v) is 2.57. The van der Waals surface area contributed by atoms with Crippen molar-refractivity contribution in [1.82, 2.24) is 10.3 Å². The van der Waals surface area contributed by atoms with Crippen LogP contribution in [0.1, 0.15) is 25.3 Å². The number of aliphatic carboxylic acids is 1. The van der Waals surface area contributed by atoms with Crippen LogP contribution in [0.4, 0.5) is 0 Å². The first-order valence-corrected chi connectivity index (χ1v) is 8.47. The van der Waals surface area contributed by atoms with Crippen molar-refractivity contribution in [3.63, 3.8) is 0 Å². The average Bonchev–Trinajstić information content (AvgIpc) is 2.62. The van der Waals surface area contributed by atoms with Gasteiger partial charge in [0.05, 0.1) is 12.5 Å². The number of hydrazone groups is 1. The third-order valence-electron chi connectivity index (χ3n) is 4.04. The van der Waals surface area contributed by atoms with Gasteiger partial charge in [0.2, 0.25) is 5.91 Å². The van der Waals surface area contributed by atoms with Gasteiger partial charge in [-0.15, -0.1) is 0 Å². The molecule has 0 spiro atoms. The third kappa shape index (κ3) is 5.30. The molecular formula is C18H23N3O5. The zero-order chi connectivity index (χ0) is 19.1. The van der Waals surface area contributed by atoms with E-state index in [1.165, 1.54) is 7.05 Å². The number of nitrogens with zero attached hydrogens (tertiary/aromatic N) is 2. The third-order valence-corrected chi connectivity index (χ3v) is 4.04. The van der Waals surface area contributed by atoms with Gasteiger partial charge in [-0.1, -0.05) is 12.1 Å². The molecule has 2 amide bonds. The molecule has 0 radical (unpaired) electrons. The number of amides is 2. The molecule has 0 aromatic heterocycles. The summed E-state index contributed by atoms with van der Waals surface area (Å²) in [4.78, 5) is 35.0. The largest absolute Gasteiger partial charge is 0.494 e. The lowest BCUT2D eigenvalue weighted by Crippen LogP contribution is -2.41. The maximum atomic E-state index is 12.2. The molecule has 8 heteroatoms. The summed E-state index contributed by atoms with van der Waals surface area (Å²) in [5, 5.41) is 17.1. The molecule has 1 aliphatic rings. The molecule has 0 saturated carbocycles. The molecular weight excluding hydrogens is 338 g/mol. The van der Waals surface area contributed by atoms with Gasteiger partial charge in [-0.05, 0) is 31.0 Å². The predicted octanol–water partition coefficient (Wildman–Crippen LogP) is 1.05. The van der Waals surface area contributed by atoms with Crippen LogP contribution in [0, 0.1) is 5.92 Å². The Morgan fingerprint density at radius 3 is 2.58 bits per heavy atom. The highest BCUT2D eigenvalue weighted by atomic mass is 16.5. The lowest BCUT2D eigenvalue weighted by molar-refractivity contribution is -0.141. The number of carbonyl (C=O) groups is 3. The standard InChI is InChI=1S/C18H23N3O5/c1-3-26-14-6-4-12(5-7-14)10-13(18(24)25)11-19-17(23)15-8-9-16(22)21(2)20-15/h4-7,13H,3,8-11H2,1-2H3,(H,19,23)(H,24,25). The van der Waals surface area contributed by atoms with Crippen LogP contribution in [0.3, 0.4) is 0 Å². The van der Waals surface area contributed by atoms with Gasteiger partial charge in [-0.3, -0.25) is 14.4 Å². The predicted molar refractivity (Wildman–Crippen MR) is 94.9 cm³/mol. The molecule has 1 unspecified atom stereocenters. The zero-order valence-corrected chi connectivity index (χ0v) is 14.9. The van der Waals surface area contributed by atoms with Crippen molar-refractivity contribution < 1.29 is 24.2 Å². The second-order valence-electron chi connectivity index (χ2n) is 5.99. The molecule has 1 aromatic carbocycles. The minimum atomic E-state index is -0.989. The molecule has 1 atom stereocenters. The topological polar surface area (TPSA) is 108 Å². The summed E-state index contributed by atoms with van der Waals surface area (Å²) < 4.78 is 5.36. The van der Waals surface area contributed by atoms with Crippen LogP contribution in [0.25, 0.3) is 0 Å². The Labute approximate surface area is 151 Å². The van der Waals surface area contributed by atoms with E-state index >= 15 is 0 Å². The van der Waals surface area contributed by atoms with E-state index in [0.29, 0.717) is 6.61 Å². The Bertz CT molecular complexity index is 699. The zero-order valence-electron chi connectivity index (χ0n) is 14.9. The molecule has 1 heterocycles.